The molecule has 3 aromatic carbocycles. The molecule has 1 amide bonds. The minimum absolute atomic E-state index is 0.0559. The van der Waals surface area contributed by atoms with E-state index in [1.54, 1.807) is 48.5 Å². The van der Waals surface area contributed by atoms with E-state index in [1.165, 1.54) is 18.2 Å². The highest BCUT2D eigenvalue weighted by molar-refractivity contribution is 6.33. The van der Waals surface area contributed by atoms with Crippen molar-refractivity contribution in [3.05, 3.63) is 89.2 Å². The van der Waals surface area contributed by atoms with E-state index in [4.69, 9.17) is 16.1 Å². The van der Waals surface area contributed by atoms with E-state index in [9.17, 15) is 9.18 Å². The summed E-state index contributed by atoms with van der Waals surface area (Å²) in [5, 5.41) is 7.16. The van der Waals surface area contributed by atoms with Gasteiger partial charge in [0.2, 0.25) is 5.82 Å². The Kier molecular flexibility index (Phi) is 4.87. The topological polar surface area (TPSA) is 68.0 Å². The number of nitrogens with zero attached hydrogens (tertiary/aromatic N) is 2. The number of rotatable bonds is 4. The molecule has 1 heterocycles. The lowest BCUT2D eigenvalue weighted by molar-refractivity contribution is 0.102. The van der Waals surface area contributed by atoms with Gasteiger partial charge in [0, 0.05) is 5.56 Å². The third kappa shape index (κ3) is 3.50. The number of aromatic nitrogens is 2. The zero-order chi connectivity index (χ0) is 19.5. The highest BCUT2D eigenvalue weighted by Crippen LogP contribution is 2.31. The third-order valence-corrected chi connectivity index (χ3v) is 4.39. The molecule has 4 rings (SSSR count). The molecule has 0 saturated heterocycles. The monoisotopic (exact) mass is 393 g/mol. The summed E-state index contributed by atoms with van der Waals surface area (Å²) in [4.78, 5) is 16.8. The van der Waals surface area contributed by atoms with Crippen LogP contribution in [0.5, 0.6) is 0 Å². The van der Waals surface area contributed by atoms with E-state index in [-0.39, 0.29) is 11.5 Å². The molecule has 4 aromatic rings. The van der Waals surface area contributed by atoms with E-state index < -0.39 is 11.7 Å². The smallest absolute Gasteiger partial charge is 0.260 e. The van der Waals surface area contributed by atoms with Crippen LogP contribution in [0.3, 0.4) is 0 Å². The number of anilines is 1. The Balaban J connectivity index is 1.67. The lowest BCUT2D eigenvalue weighted by atomic mass is 10.1. The number of hydrogen-bond donors (Lipinski definition) is 1. The molecule has 0 radical (unpaired) electrons. The van der Waals surface area contributed by atoms with Gasteiger partial charge in [-0.2, -0.15) is 4.98 Å². The van der Waals surface area contributed by atoms with E-state index in [0.29, 0.717) is 27.7 Å². The van der Waals surface area contributed by atoms with Crippen molar-refractivity contribution in [3.8, 4) is 22.8 Å². The molecule has 0 aliphatic carbocycles. The molecule has 0 saturated carbocycles. The number of para-hydroxylation sites is 1. The average Bonchev–Trinajstić information content (AvgIpc) is 3.19. The Morgan fingerprint density at radius 3 is 2.39 bits per heavy atom. The van der Waals surface area contributed by atoms with Crippen LogP contribution in [0.2, 0.25) is 5.02 Å². The summed E-state index contributed by atoms with van der Waals surface area (Å²) in [7, 11) is 0. The highest BCUT2D eigenvalue weighted by atomic mass is 35.5. The van der Waals surface area contributed by atoms with Gasteiger partial charge in [-0.3, -0.25) is 4.79 Å². The lowest BCUT2D eigenvalue weighted by Gasteiger charge is -2.09. The first-order chi connectivity index (χ1) is 13.6. The number of carbonyl (C=O) groups excluding carboxylic acids is 1. The molecule has 0 unspecified atom stereocenters. The van der Waals surface area contributed by atoms with Crippen LogP contribution in [-0.4, -0.2) is 16.0 Å². The van der Waals surface area contributed by atoms with Crippen molar-refractivity contribution in [1.29, 1.82) is 0 Å². The molecule has 0 fully saturated rings. The fourth-order valence-electron chi connectivity index (χ4n) is 2.70. The van der Waals surface area contributed by atoms with Gasteiger partial charge in [0.1, 0.15) is 5.82 Å². The molecule has 0 spiro atoms. The second kappa shape index (κ2) is 7.62. The summed E-state index contributed by atoms with van der Waals surface area (Å²) in [5.74, 6) is -0.636. The molecule has 5 nitrogen and oxygen atoms in total. The zero-order valence-electron chi connectivity index (χ0n) is 14.4. The zero-order valence-corrected chi connectivity index (χ0v) is 15.2. The van der Waals surface area contributed by atoms with E-state index in [2.05, 4.69) is 15.5 Å². The third-order valence-electron chi connectivity index (χ3n) is 4.06. The quantitative estimate of drug-likeness (QED) is 0.500. The molecule has 0 aliphatic rings. The molecular formula is C21H13ClFN3O2. The summed E-state index contributed by atoms with van der Waals surface area (Å²) in [6.45, 7) is 0. The van der Waals surface area contributed by atoms with Gasteiger partial charge in [0.25, 0.3) is 11.8 Å². The summed E-state index contributed by atoms with van der Waals surface area (Å²) in [6, 6.07) is 19.8. The van der Waals surface area contributed by atoms with Crippen LogP contribution in [0, 0.1) is 5.82 Å². The summed E-state index contributed by atoms with van der Waals surface area (Å²) >= 11 is 6.18. The summed E-state index contributed by atoms with van der Waals surface area (Å²) < 4.78 is 19.2. The average molecular weight is 394 g/mol. The maximum absolute atomic E-state index is 13.9. The van der Waals surface area contributed by atoms with Crippen molar-refractivity contribution in [2.24, 2.45) is 0 Å². The van der Waals surface area contributed by atoms with E-state index in [1.807, 2.05) is 6.07 Å². The van der Waals surface area contributed by atoms with Crippen molar-refractivity contribution >= 4 is 23.2 Å². The molecule has 0 bridgehead atoms. The lowest BCUT2D eigenvalue weighted by Crippen LogP contribution is -2.14. The Bertz CT molecular complexity index is 1160. The van der Waals surface area contributed by atoms with Gasteiger partial charge < -0.3 is 9.84 Å². The number of carbonyl (C=O) groups is 1. The van der Waals surface area contributed by atoms with Gasteiger partial charge >= 0.3 is 0 Å². The SMILES string of the molecule is O=C(Nc1ccccc1-c1nc(-c2ccccc2Cl)no1)c1ccccc1F. The van der Waals surface area contributed by atoms with Gasteiger partial charge in [0.15, 0.2) is 0 Å². The van der Waals surface area contributed by atoms with Crippen LogP contribution in [0.4, 0.5) is 10.1 Å². The van der Waals surface area contributed by atoms with Crippen LogP contribution in [0.1, 0.15) is 10.4 Å². The normalized spacial score (nSPS) is 10.6. The Hall–Kier alpha value is -3.51. The first-order valence-corrected chi connectivity index (χ1v) is 8.75. The van der Waals surface area contributed by atoms with Crippen LogP contribution >= 0.6 is 11.6 Å². The second-order valence-electron chi connectivity index (χ2n) is 5.88. The second-order valence-corrected chi connectivity index (χ2v) is 6.29. The predicted molar refractivity (Wildman–Crippen MR) is 105 cm³/mol. The predicted octanol–water partition coefficient (Wildman–Crippen LogP) is 5.45. The summed E-state index contributed by atoms with van der Waals surface area (Å²) in [6.07, 6.45) is 0. The van der Waals surface area contributed by atoms with Crippen LogP contribution < -0.4 is 5.32 Å². The van der Waals surface area contributed by atoms with Gasteiger partial charge in [-0.15, -0.1) is 0 Å². The number of hydrogen-bond acceptors (Lipinski definition) is 4. The maximum Gasteiger partial charge on any atom is 0.260 e. The van der Waals surface area contributed by atoms with Crippen molar-refractivity contribution < 1.29 is 13.7 Å². The molecule has 138 valence electrons. The molecule has 28 heavy (non-hydrogen) atoms. The fourth-order valence-corrected chi connectivity index (χ4v) is 2.92. The van der Waals surface area contributed by atoms with Crippen LogP contribution in [0.15, 0.2) is 77.3 Å². The number of nitrogens with one attached hydrogen (secondary N) is 1. The molecule has 0 atom stereocenters. The first-order valence-electron chi connectivity index (χ1n) is 8.37. The maximum atomic E-state index is 13.9. The van der Waals surface area contributed by atoms with Crippen molar-refractivity contribution in [2.45, 2.75) is 0 Å². The molecule has 1 N–H and O–H groups in total. The van der Waals surface area contributed by atoms with Gasteiger partial charge in [-0.05, 0) is 36.4 Å². The largest absolute Gasteiger partial charge is 0.334 e. The van der Waals surface area contributed by atoms with Crippen molar-refractivity contribution in [1.82, 2.24) is 10.1 Å². The van der Waals surface area contributed by atoms with Crippen LogP contribution in [0.25, 0.3) is 22.8 Å². The van der Waals surface area contributed by atoms with Gasteiger partial charge in [0.05, 0.1) is 21.8 Å². The highest BCUT2D eigenvalue weighted by Gasteiger charge is 2.18. The minimum atomic E-state index is -0.601. The Morgan fingerprint density at radius 1 is 0.929 bits per heavy atom. The Morgan fingerprint density at radius 2 is 1.61 bits per heavy atom. The van der Waals surface area contributed by atoms with E-state index in [0.717, 1.165) is 0 Å². The van der Waals surface area contributed by atoms with Crippen LogP contribution in [-0.2, 0) is 0 Å². The Labute approximate surface area is 164 Å². The molecule has 7 heteroatoms. The number of amides is 1. The van der Waals surface area contributed by atoms with Crippen molar-refractivity contribution in [3.63, 3.8) is 0 Å². The van der Waals surface area contributed by atoms with Crippen molar-refractivity contribution in [2.75, 3.05) is 5.32 Å². The molecule has 0 aliphatic heterocycles. The molecule has 1 aromatic heterocycles. The fraction of sp³-hybridized carbons (Fsp3) is 0. The number of benzene rings is 3. The van der Waals surface area contributed by atoms with Gasteiger partial charge in [-0.25, -0.2) is 4.39 Å². The minimum Gasteiger partial charge on any atom is -0.334 e. The summed E-state index contributed by atoms with van der Waals surface area (Å²) in [5.41, 5.74) is 1.51. The van der Waals surface area contributed by atoms with E-state index >= 15 is 0 Å². The van der Waals surface area contributed by atoms with Gasteiger partial charge in [-0.1, -0.05) is 53.2 Å². The number of halogens is 2. The molecular weight excluding hydrogens is 381 g/mol. The standard InChI is InChI=1S/C21H13ClFN3O2/c22-16-10-4-1-7-13(16)19-25-21(28-26-19)15-9-3-6-12-18(15)24-20(27)14-8-2-5-11-17(14)23/h1-12H,(H,24,27). The first kappa shape index (κ1) is 17.9.